The van der Waals surface area contributed by atoms with Gasteiger partial charge in [0.05, 0.1) is 20.3 Å². The number of hydrogen-bond donors (Lipinski definition) is 1. The molecule has 2 aromatic rings. The van der Waals surface area contributed by atoms with Crippen LogP contribution in [-0.2, 0) is 23.0 Å². The molecular weight excluding hydrogens is 375 g/mol. The predicted octanol–water partition coefficient (Wildman–Crippen LogP) is 2.20. The van der Waals surface area contributed by atoms with Gasteiger partial charge < -0.3 is 14.0 Å². The number of rotatable bonds is 6. The van der Waals surface area contributed by atoms with E-state index in [0.717, 1.165) is 50.2 Å². The number of methoxy groups -OCH3 is 2. The van der Waals surface area contributed by atoms with Gasteiger partial charge in [-0.1, -0.05) is 6.42 Å². The maximum absolute atomic E-state index is 14.4. The van der Waals surface area contributed by atoms with Gasteiger partial charge in [0.15, 0.2) is 17.3 Å². The van der Waals surface area contributed by atoms with E-state index in [0.29, 0.717) is 5.82 Å². The van der Waals surface area contributed by atoms with Crippen molar-refractivity contribution < 1.29 is 22.3 Å². The minimum Gasteiger partial charge on any atom is -0.493 e. The van der Waals surface area contributed by atoms with Crippen LogP contribution in [0.2, 0.25) is 0 Å². The lowest BCUT2D eigenvalue weighted by Gasteiger charge is -2.17. The molecule has 1 aliphatic heterocycles. The highest BCUT2D eigenvalue weighted by Gasteiger charge is 2.27. The Morgan fingerprint density at radius 2 is 1.85 bits per heavy atom. The summed E-state index contributed by atoms with van der Waals surface area (Å²) in [7, 11) is -1.45. The van der Waals surface area contributed by atoms with Crippen molar-refractivity contribution in [3.63, 3.8) is 0 Å². The summed E-state index contributed by atoms with van der Waals surface area (Å²) in [4.78, 5) is -0.511. The average molecular weight is 398 g/mol. The SMILES string of the molecule is COc1cc(F)c(S(=O)(=O)NC(C)c2nnc3n2CCCCC3)cc1OC. The first-order valence-electron chi connectivity index (χ1n) is 8.73. The number of sulfonamides is 1. The molecule has 0 aliphatic carbocycles. The smallest absolute Gasteiger partial charge is 0.244 e. The lowest BCUT2D eigenvalue weighted by molar-refractivity contribution is 0.350. The summed E-state index contributed by atoms with van der Waals surface area (Å²) in [6.45, 7) is 2.41. The van der Waals surface area contributed by atoms with Gasteiger partial charge in [-0.25, -0.2) is 17.5 Å². The summed E-state index contributed by atoms with van der Waals surface area (Å²) < 4.78 is 54.4. The molecule has 148 valence electrons. The summed E-state index contributed by atoms with van der Waals surface area (Å²) in [5.74, 6) is 0.697. The van der Waals surface area contributed by atoms with Crippen molar-refractivity contribution in [2.45, 2.75) is 50.1 Å². The number of benzene rings is 1. The second-order valence-corrected chi connectivity index (χ2v) is 8.10. The third-order valence-electron chi connectivity index (χ3n) is 4.58. The highest BCUT2D eigenvalue weighted by Crippen LogP contribution is 2.32. The molecule has 1 aromatic heterocycles. The van der Waals surface area contributed by atoms with Gasteiger partial charge in [0.25, 0.3) is 0 Å². The molecule has 1 N–H and O–H groups in total. The number of halogens is 1. The number of ether oxygens (including phenoxy) is 2. The summed E-state index contributed by atoms with van der Waals surface area (Å²) >= 11 is 0. The largest absolute Gasteiger partial charge is 0.493 e. The van der Waals surface area contributed by atoms with Crippen LogP contribution >= 0.6 is 0 Å². The Bertz CT molecular complexity index is 929. The Kier molecular flexibility index (Phi) is 5.66. The Balaban J connectivity index is 1.90. The number of fused-ring (bicyclic) bond motifs is 1. The van der Waals surface area contributed by atoms with Gasteiger partial charge in [0.1, 0.15) is 16.5 Å². The fraction of sp³-hybridized carbons (Fsp3) is 0.529. The van der Waals surface area contributed by atoms with Crippen molar-refractivity contribution in [2.75, 3.05) is 14.2 Å². The minimum atomic E-state index is -4.15. The molecule has 27 heavy (non-hydrogen) atoms. The van der Waals surface area contributed by atoms with E-state index in [2.05, 4.69) is 14.9 Å². The summed E-state index contributed by atoms with van der Waals surface area (Å²) in [5, 5.41) is 8.32. The first-order valence-corrected chi connectivity index (χ1v) is 10.2. The van der Waals surface area contributed by atoms with Crippen molar-refractivity contribution in [3.8, 4) is 11.5 Å². The lowest BCUT2D eigenvalue weighted by atomic mass is 10.2. The summed E-state index contributed by atoms with van der Waals surface area (Å²) in [5.41, 5.74) is 0. The monoisotopic (exact) mass is 398 g/mol. The normalized spacial score (nSPS) is 15.7. The van der Waals surface area contributed by atoms with E-state index in [4.69, 9.17) is 9.47 Å². The third-order valence-corrected chi connectivity index (χ3v) is 6.14. The molecule has 0 spiro atoms. The van der Waals surface area contributed by atoms with E-state index in [1.54, 1.807) is 6.92 Å². The molecule has 0 bridgehead atoms. The van der Waals surface area contributed by atoms with E-state index in [1.807, 2.05) is 4.57 Å². The Labute approximate surface area is 157 Å². The number of aryl methyl sites for hydroxylation is 1. The van der Waals surface area contributed by atoms with Gasteiger partial charge in [-0.15, -0.1) is 10.2 Å². The van der Waals surface area contributed by atoms with Crippen LogP contribution in [-0.4, -0.2) is 37.4 Å². The number of nitrogens with zero attached hydrogens (tertiary/aromatic N) is 3. The highest BCUT2D eigenvalue weighted by molar-refractivity contribution is 7.89. The van der Waals surface area contributed by atoms with Crippen LogP contribution < -0.4 is 14.2 Å². The van der Waals surface area contributed by atoms with Crippen molar-refractivity contribution in [1.29, 1.82) is 0 Å². The van der Waals surface area contributed by atoms with Gasteiger partial charge >= 0.3 is 0 Å². The van der Waals surface area contributed by atoms with Crippen LogP contribution in [0.3, 0.4) is 0 Å². The predicted molar refractivity (Wildman–Crippen MR) is 95.8 cm³/mol. The van der Waals surface area contributed by atoms with Crippen LogP contribution in [0.4, 0.5) is 4.39 Å². The summed E-state index contributed by atoms with van der Waals surface area (Å²) in [6.07, 6.45) is 3.94. The highest BCUT2D eigenvalue weighted by atomic mass is 32.2. The lowest BCUT2D eigenvalue weighted by Crippen LogP contribution is -2.29. The van der Waals surface area contributed by atoms with E-state index in [1.165, 1.54) is 14.2 Å². The zero-order valence-electron chi connectivity index (χ0n) is 15.5. The molecule has 1 unspecified atom stereocenters. The van der Waals surface area contributed by atoms with Crippen LogP contribution in [0, 0.1) is 5.82 Å². The minimum absolute atomic E-state index is 0.116. The average Bonchev–Trinajstić information content (AvgIpc) is 2.89. The molecule has 0 amide bonds. The van der Waals surface area contributed by atoms with Crippen molar-refractivity contribution in [2.24, 2.45) is 0 Å². The molecule has 0 saturated heterocycles. The molecule has 1 aliphatic rings. The maximum atomic E-state index is 14.4. The van der Waals surface area contributed by atoms with E-state index >= 15 is 0 Å². The second-order valence-electron chi connectivity index (χ2n) is 6.42. The Morgan fingerprint density at radius 3 is 2.56 bits per heavy atom. The van der Waals surface area contributed by atoms with E-state index in [9.17, 15) is 12.8 Å². The molecule has 2 heterocycles. The molecule has 3 rings (SSSR count). The van der Waals surface area contributed by atoms with Crippen LogP contribution in [0.15, 0.2) is 17.0 Å². The number of aromatic nitrogens is 3. The molecule has 8 nitrogen and oxygen atoms in total. The Hall–Kier alpha value is -2.20. The second kappa shape index (κ2) is 7.81. The van der Waals surface area contributed by atoms with Gasteiger partial charge in [0.2, 0.25) is 10.0 Å². The maximum Gasteiger partial charge on any atom is 0.244 e. The first-order chi connectivity index (χ1) is 12.9. The van der Waals surface area contributed by atoms with E-state index in [-0.39, 0.29) is 11.5 Å². The molecule has 0 fully saturated rings. The van der Waals surface area contributed by atoms with Gasteiger partial charge in [0, 0.05) is 25.1 Å². The first kappa shape index (κ1) is 19.6. The fourth-order valence-electron chi connectivity index (χ4n) is 3.22. The zero-order valence-corrected chi connectivity index (χ0v) is 16.3. The van der Waals surface area contributed by atoms with Crippen molar-refractivity contribution >= 4 is 10.0 Å². The molecule has 0 radical (unpaired) electrons. The molecule has 1 atom stereocenters. The van der Waals surface area contributed by atoms with Gasteiger partial charge in [-0.2, -0.15) is 0 Å². The molecule has 1 aromatic carbocycles. The van der Waals surface area contributed by atoms with Gasteiger partial charge in [-0.3, -0.25) is 0 Å². The standard InChI is InChI=1S/C17H23FN4O4S/c1-11(17-20-19-16-7-5-4-6-8-22(16)17)21-27(23,24)15-10-14(26-3)13(25-2)9-12(15)18/h9-11,21H,4-8H2,1-3H3. The Morgan fingerprint density at radius 1 is 1.15 bits per heavy atom. The van der Waals surface area contributed by atoms with E-state index < -0.39 is 26.8 Å². The van der Waals surface area contributed by atoms with Crippen LogP contribution in [0.25, 0.3) is 0 Å². The van der Waals surface area contributed by atoms with Crippen LogP contribution in [0.1, 0.15) is 43.9 Å². The summed E-state index contributed by atoms with van der Waals surface area (Å²) in [6, 6.07) is 1.43. The third kappa shape index (κ3) is 3.91. The van der Waals surface area contributed by atoms with Gasteiger partial charge in [-0.05, 0) is 19.8 Å². The topological polar surface area (TPSA) is 95.3 Å². The number of hydrogen-bond acceptors (Lipinski definition) is 6. The quantitative estimate of drug-likeness (QED) is 0.802. The number of nitrogens with one attached hydrogen (secondary N) is 1. The molecule has 10 heteroatoms. The van der Waals surface area contributed by atoms with Crippen molar-refractivity contribution in [3.05, 3.63) is 29.6 Å². The van der Waals surface area contributed by atoms with Crippen LogP contribution in [0.5, 0.6) is 11.5 Å². The zero-order chi connectivity index (χ0) is 19.6. The van der Waals surface area contributed by atoms with Crippen molar-refractivity contribution in [1.82, 2.24) is 19.5 Å². The molecular formula is C17H23FN4O4S. The fourth-order valence-corrected chi connectivity index (χ4v) is 4.49. The molecule has 0 saturated carbocycles.